The third kappa shape index (κ3) is 13.6. The number of hydrogen-bond donors (Lipinski definition) is 3. The largest absolute Gasteiger partial charge is 0.481 e. The summed E-state index contributed by atoms with van der Waals surface area (Å²) in [6, 6.07) is 0. The van der Waals surface area contributed by atoms with E-state index in [4.69, 9.17) is 5.11 Å². The van der Waals surface area contributed by atoms with E-state index >= 15 is 0 Å². The Kier molecular flexibility index (Phi) is 15.3. The van der Waals surface area contributed by atoms with Gasteiger partial charge in [-0.2, -0.15) is 0 Å². The molecule has 6 heteroatoms. The molecule has 5 nitrogen and oxygen atoms in total. The number of hydrogen-bond acceptors (Lipinski definition) is 4. The Morgan fingerprint density at radius 1 is 0.968 bits per heavy atom. The standard InChI is InChI=1S/C25H44N2O3S/c1-3-5-6-7-8-9-10-11-12-13-14-15-16-17-18-19-23(28)27-25(4-2)26-22(21-31-25)20-24(29)30/h11-12,21,26H,3-10,13-20H2,1-2H3,(H,27,28)(H,29,30)/b12-11-. The highest BCUT2D eigenvalue weighted by Gasteiger charge is 2.35. The topological polar surface area (TPSA) is 78.4 Å². The molecule has 0 fully saturated rings. The third-order valence-electron chi connectivity index (χ3n) is 5.61. The van der Waals surface area contributed by atoms with Crippen LogP contribution in [0.2, 0.25) is 0 Å². The zero-order chi connectivity index (χ0) is 22.8. The molecule has 0 bridgehead atoms. The molecule has 1 unspecified atom stereocenters. The number of thioether (sulfide) groups is 1. The second-order valence-corrected chi connectivity index (χ2v) is 9.69. The molecule has 0 saturated carbocycles. The van der Waals surface area contributed by atoms with Gasteiger partial charge >= 0.3 is 5.97 Å². The summed E-state index contributed by atoms with van der Waals surface area (Å²) in [5.41, 5.74) is 0.653. The van der Waals surface area contributed by atoms with E-state index in [2.05, 4.69) is 29.7 Å². The molecule has 0 aromatic heterocycles. The quantitative estimate of drug-likeness (QED) is 0.147. The Morgan fingerprint density at radius 2 is 1.55 bits per heavy atom. The van der Waals surface area contributed by atoms with Gasteiger partial charge in [0.25, 0.3) is 0 Å². The molecule has 3 N–H and O–H groups in total. The van der Waals surface area contributed by atoms with E-state index in [0.717, 1.165) is 12.8 Å². The van der Waals surface area contributed by atoms with Crippen LogP contribution < -0.4 is 10.6 Å². The van der Waals surface area contributed by atoms with Crippen molar-refractivity contribution in [1.82, 2.24) is 10.6 Å². The van der Waals surface area contributed by atoms with E-state index in [9.17, 15) is 9.59 Å². The van der Waals surface area contributed by atoms with Crippen LogP contribution in [0.25, 0.3) is 0 Å². The second kappa shape index (κ2) is 17.2. The Bertz CT molecular complexity index is 577. The van der Waals surface area contributed by atoms with Crippen molar-refractivity contribution in [1.29, 1.82) is 0 Å². The Hall–Kier alpha value is -1.43. The lowest BCUT2D eigenvalue weighted by molar-refractivity contribution is -0.136. The minimum Gasteiger partial charge on any atom is -0.481 e. The zero-order valence-electron chi connectivity index (χ0n) is 19.7. The molecule has 0 aromatic carbocycles. The van der Waals surface area contributed by atoms with Gasteiger partial charge in [0.1, 0.15) is 0 Å². The molecule has 1 atom stereocenters. The lowest BCUT2D eigenvalue weighted by Crippen LogP contribution is -2.53. The summed E-state index contributed by atoms with van der Waals surface area (Å²) in [6.45, 7) is 4.24. The van der Waals surface area contributed by atoms with Crippen LogP contribution in [0, 0.1) is 0 Å². The molecular weight excluding hydrogens is 408 g/mol. The summed E-state index contributed by atoms with van der Waals surface area (Å²) >= 11 is 1.46. The van der Waals surface area contributed by atoms with E-state index < -0.39 is 11.0 Å². The fourth-order valence-electron chi connectivity index (χ4n) is 3.70. The Labute approximate surface area is 193 Å². The maximum Gasteiger partial charge on any atom is 0.309 e. The van der Waals surface area contributed by atoms with Crippen molar-refractivity contribution < 1.29 is 14.7 Å². The SMILES string of the molecule is CCCCCCCC/C=C\CCCCCCCC(=O)NC1(CC)NC(CC(=O)O)=CS1. The summed E-state index contributed by atoms with van der Waals surface area (Å²) in [6.07, 6.45) is 22.0. The minimum atomic E-state index is -0.870. The van der Waals surface area contributed by atoms with Gasteiger partial charge in [-0.3, -0.25) is 9.59 Å². The first-order valence-corrected chi connectivity index (χ1v) is 13.2. The van der Waals surface area contributed by atoms with Crippen LogP contribution in [-0.2, 0) is 9.59 Å². The molecule has 0 aromatic rings. The van der Waals surface area contributed by atoms with Crippen molar-refractivity contribution in [2.75, 3.05) is 0 Å². The number of nitrogens with one attached hydrogen (secondary N) is 2. The van der Waals surface area contributed by atoms with Crippen molar-refractivity contribution >= 4 is 23.6 Å². The molecule has 1 aliphatic heterocycles. The van der Waals surface area contributed by atoms with Gasteiger partial charge in [-0.15, -0.1) is 0 Å². The van der Waals surface area contributed by atoms with Gasteiger partial charge < -0.3 is 15.7 Å². The predicted molar refractivity (Wildman–Crippen MR) is 132 cm³/mol. The number of allylic oxidation sites excluding steroid dienone is 2. The Balaban J connectivity index is 1.99. The van der Waals surface area contributed by atoms with Crippen LogP contribution in [-0.4, -0.2) is 22.0 Å². The number of carboxylic acid groups (broad SMARTS) is 1. The summed E-state index contributed by atoms with van der Waals surface area (Å²) in [5, 5.41) is 17.0. The molecule has 178 valence electrons. The number of unbranched alkanes of at least 4 members (excludes halogenated alkanes) is 11. The van der Waals surface area contributed by atoms with Crippen molar-refractivity contribution in [2.24, 2.45) is 0 Å². The molecule has 1 amide bonds. The van der Waals surface area contributed by atoms with Crippen LogP contribution in [0.5, 0.6) is 0 Å². The van der Waals surface area contributed by atoms with Gasteiger partial charge in [0.05, 0.1) is 6.42 Å². The number of rotatable bonds is 19. The van der Waals surface area contributed by atoms with Crippen LogP contribution in [0.3, 0.4) is 0 Å². The van der Waals surface area contributed by atoms with Crippen LogP contribution in [0.1, 0.15) is 117 Å². The molecule has 0 saturated heterocycles. The molecule has 0 radical (unpaired) electrons. The van der Waals surface area contributed by atoms with Crippen LogP contribution >= 0.6 is 11.8 Å². The number of carboxylic acids is 1. The van der Waals surface area contributed by atoms with E-state index in [0.29, 0.717) is 18.5 Å². The average Bonchev–Trinajstić information content (AvgIpc) is 3.13. The first-order valence-electron chi connectivity index (χ1n) is 12.3. The number of aliphatic carboxylic acids is 1. The summed E-state index contributed by atoms with van der Waals surface area (Å²) in [7, 11) is 0. The molecule has 0 spiro atoms. The fourth-order valence-corrected chi connectivity index (χ4v) is 4.72. The Morgan fingerprint density at radius 3 is 2.13 bits per heavy atom. The molecule has 1 heterocycles. The zero-order valence-corrected chi connectivity index (χ0v) is 20.5. The first-order chi connectivity index (χ1) is 15.0. The maximum absolute atomic E-state index is 12.3. The van der Waals surface area contributed by atoms with E-state index in [1.165, 1.54) is 82.4 Å². The smallest absolute Gasteiger partial charge is 0.309 e. The lowest BCUT2D eigenvalue weighted by Gasteiger charge is -2.30. The van der Waals surface area contributed by atoms with Crippen molar-refractivity contribution in [2.45, 2.75) is 122 Å². The van der Waals surface area contributed by atoms with Crippen molar-refractivity contribution in [3.63, 3.8) is 0 Å². The fraction of sp³-hybridized carbons (Fsp3) is 0.760. The number of carbonyl (C=O) groups is 2. The molecule has 31 heavy (non-hydrogen) atoms. The van der Waals surface area contributed by atoms with Crippen LogP contribution in [0.4, 0.5) is 0 Å². The molecular formula is C25H44N2O3S. The minimum absolute atomic E-state index is 0.0319. The van der Waals surface area contributed by atoms with Crippen LogP contribution in [0.15, 0.2) is 23.3 Å². The van der Waals surface area contributed by atoms with E-state index in [1.807, 2.05) is 6.92 Å². The van der Waals surface area contributed by atoms with Gasteiger partial charge in [0.2, 0.25) is 5.91 Å². The molecule has 0 aliphatic carbocycles. The second-order valence-electron chi connectivity index (χ2n) is 8.52. The average molecular weight is 453 g/mol. The number of carbonyl (C=O) groups excluding carboxylic acids is 1. The highest BCUT2D eigenvalue weighted by molar-refractivity contribution is 8.03. The van der Waals surface area contributed by atoms with Crippen molar-refractivity contribution in [3.8, 4) is 0 Å². The van der Waals surface area contributed by atoms with Gasteiger partial charge in [-0.05, 0) is 43.9 Å². The summed E-state index contributed by atoms with van der Waals surface area (Å²) in [4.78, 5) is 22.6. The molecule has 1 rings (SSSR count). The number of amides is 1. The van der Waals surface area contributed by atoms with Gasteiger partial charge in [0, 0.05) is 12.1 Å². The lowest BCUT2D eigenvalue weighted by atomic mass is 10.1. The van der Waals surface area contributed by atoms with Gasteiger partial charge in [-0.1, -0.05) is 89.1 Å². The maximum atomic E-state index is 12.3. The van der Waals surface area contributed by atoms with E-state index in [1.54, 1.807) is 5.41 Å². The molecule has 1 aliphatic rings. The highest BCUT2D eigenvalue weighted by Crippen LogP contribution is 2.33. The van der Waals surface area contributed by atoms with Gasteiger partial charge in [-0.25, -0.2) is 0 Å². The highest BCUT2D eigenvalue weighted by atomic mass is 32.2. The monoisotopic (exact) mass is 452 g/mol. The third-order valence-corrected chi connectivity index (χ3v) is 6.91. The first kappa shape index (κ1) is 27.6. The summed E-state index contributed by atoms with van der Waals surface area (Å²) < 4.78 is 0. The van der Waals surface area contributed by atoms with Gasteiger partial charge in [0.15, 0.2) is 4.99 Å². The normalized spacial score (nSPS) is 18.2. The summed E-state index contributed by atoms with van der Waals surface area (Å²) in [5.74, 6) is -0.838. The van der Waals surface area contributed by atoms with Crippen molar-refractivity contribution in [3.05, 3.63) is 23.3 Å². The predicted octanol–water partition coefficient (Wildman–Crippen LogP) is 6.86. The van der Waals surface area contributed by atoms with E-state index in [-0.39, 0.29) is 12.3 Å².